The first-order valence-corrected chi connectivity index (χ1v) is 9.87. The number of aliphatic hydroxyl groups excluding tert-OH is 1. The molecule has 1 fully saturated rings. The van der Waals surface area contributed by atoms with Crippen molar-refractivity contribution in [3.8, 4) is 0 Å². The third-order valence-corrected chi connectivity index (χ3v) is 5.78. The van der Waals surface area contributed by atoms with E-state index in [2.05, 4.69) is 0 Å². The number of amides is 1. The number of Topliss-reactive ketones (excluding diaryl/α,β-unsaturated/α-hetero) is 1. The van der Waals surface area contributed by atoms with Gasteiger partial charge >= 0.3 is 0 Å². The summed E-state index contributed by atoms with van der Waals surface area (Å²) in [5.41, 5.74) is 2.64. The largest absolute Gasteiger partial charge is 0.507 e. The lowest BCUT2D eigenvalue weighted by atomic mass is 9.96. The van der Waals surface area contributed by atoms with Crippen LogP contribution in [0.5, 0.6) is 0 Å². The molecule has 1 aliphatic heterocycles. The van der Waals surface area contributed by atoms with E-state index in [1.54, 1.807) is 4.90 Å². The molecule has 142 valence electrons. The van der Waals surface area contributed by atoms with Gasteiger partial charge in [0.05, 0.1) is 38.8 Å². The number of nitrogens with zero attached hydrogens (tertiary/aromatic N) is 1. The molecule has 1 atom stereocenters. The number of hydrogen-bond acceptors (Lipinski definition) is 4. The first-order valence-electron chi connectivity index (χ1n) is 8.99. The Bertz CT molecular complexity index is 900. The zero-order valence-corrected chi connectivity index (χ0v) is 16.9. The molecule has 0 bridgehead atoms. The molecule has 1 aromatic carbocycles. The molecular weight excluding hydrogens is 360 g/mol. The summed E-state index contributed by atoms with van der Waals surface area (Å²) in [7, 11) is 4.01. The number of benzene rings is 1. The van der Waals surface area contributed by atoms with Crippen LogP contribution in [0.15, 0.2) is 41.3 Å². The molecule has 2 aromatic rings. The second-order valence-electron chi connectivity index (χ2n) is 7.28. The first kappa shape index (κ1) is 19.3. The van der Waals surface area contributed by atoms with E-state index in [0.29, 0.717) is 12.1 Å². The quantitative estimate of drug-likeness (QED) is 0.470. The van der Waals surface area contributed by atoms with Crippen molar-refractivity contribution in [2.45, 2.75) is 19.9 Å². The number of rotatable bonds is 5. The van der Waals surface area contributed by atoms with Gasteiger partial charge in [-0.25, -0.2) is 0 Å². The third-order valence-electron chi connectivity index (χ3n) is 4.85. The average molecular weight is 386 g/mol. The van der Waals surface area contributed by atoms with E-state index < -0.39 is 17.7 Å². The molecule has 5 nitrogen and oxygen atoms in total. The van der Waals surface area contributed by atoms with Crippen molar-refractivity contribution in [2.75, 3.05) is 27.2 Å². The van der Waals surface area contributed by atoms with E-state index in [4.69, 9.17) is 0 Å². The zero-order chi connectivity index (χ0) is 19.7. The fraction of sp³-hybridized carbons (Fsp3) is 0.333. The van der Waals surface area contributed by atoms with Gasteiger partial charge in [-0.05, 0) is 36.9 Å². The highest BCUT2D eigenvalue weighted by molar-refractivity contribution is 7.10. The standard InChI is InChI=1S/C21H24N2O3S/c1-13-7-8-14(2)15(12-13)19(24)17-18(16-6-5-11-27-16)23(10-9-22(3)4)21(26)20(17)25/h5-8,11-12,18,24H,9-10H2,1-4H3/p+1. The van der Waals surface area contributed by atoms with Crippen molar-refractivity contribution >= 4 is 28.8 Å². The monoisotopic (exact) mass is 385 g/mol. The maximum Gasteiger partial charge on any atom is 0.295 e. The number of aliphatic hydroxyl groups is 1. The lowest BCUT2D eigenvalue weighted by Gasteiger charge is -2.24. The van der Waals surface area contributed by atoms with Gasteiger partial charge in [0.25, 0.3) is 11.7 Å². The summed E-state index contributed by atoms with van der Waals surface area (Å²) in [6.07, 6.45) is 0. The Labute approximate surface area is 163 Å². The minimum Gasteiger partial charge on any atom is -0.507 e. The highest BCUT2D eigenvalue weighted by Gasteiger charge is 2.46. The number of nitrogens with one attached hydrogen (secondary N) is 1. The molecule has 0 aliphatic carbocycles. The number of carbonyl (C=O) groups is 2. The smallest absolute Gasteiger partial charge is 0.295 e. The van der Waals surface area contributed by atoms with Gasteiger partial charge in [-0.3, -0.25) is 9.59 Å². The molecule has 0 spiro atoms. The van der Waals surface area contributed by atoms with Crippen molar-refractivity contribution in [3.63, 3.8) is 0 Å². The molecular formula is C21H25N2O3S+. The zero-order valence-electron chi connectivity index (χ0n) is 16.1. The number of aryl methyl sites for hydroxylation is 2. The van der Waals surface area contributed by atoms with E-state index >= 15 is 0 Å². The number of likely N-dealkylation sites (tertiary alicyclic amines) is 1. The van der Waals surface area contributed by atoms with Crippen LogP contribution in [-0.2, 0) is 9.59 Å². The van der Waals surface area contributed by atoms with Crippen LogP contribution < -0.4 is 4.90 Å². The molecule has 27 heavy (non-hydrogen) atoms. The first-order chi connectivity index (χ1) is 12.8. The molecule has 2 heterocycles. The number of thiophene rings is 1. The number of carbonyl (C=O) groups excluding carboxylic acids is 2. The van der Waals surface area contributed by atoms with E-state index in [-0.39, 0.29) is 11.3 Å². The summed E-state index contributed by atoms with van der Waals surface area (Å²) >= 11 is 1.49. The minimum atomic E-state index is -0.611. The van der Waals surface area contributed by atoms with Crippen LogP contribution in [0, 0.1) is 13.8 Å². The van der Waals surface area contributed by atoms with E-state index in [9.17, 15) is 14.7 Å². The molecule has 1 unspecified atom stereocenters. The summed E-state index contributed by atoms with van der Waals surface area (Å²) in [4.78, 5) is 29.3. The van der Waals surface area contributed by atoms with Crippen molar-refractivity contribution < 1.29 is 19.6 Å². The Kier molecular flexibility index (Phi) is 5.48. The minimum absolute atomic E-state index is 0.0901. The summed E-state index contributed by atoms with van der Waals surface area (Å²) in [6, 6.07) is 9.00. The molecule has 6 heteroatoms. The molecule has 1 aliphatic rings. The van der Waals surface area contributed by atoms with E-state index in [0.717, 1.165) is 22.5 Å². The Morgan fingerprint density at radius 3 is 2.59 bits per heavy atom. The van der Waals surface area contributed by atoms with Gasteiger partial charge < -0.3 is 14.9 Å². The second kappa shape index (κ2) is 7.66. The van der Waals surface area contributed by atoms with Gasteiger partial charge in [0.1, 0.15) is 5.76 Å². The summed E-state index contributed by atoms with van der Waals surface area (Å²) in [5.74, 6) is -1.24. The molecule has 1 amide bonds. The van der Waals surface area contributed by atoms with Gasteiger partial charge in [0, 0.05) is 10.4 Å². The topological polar surface area (TPSA) is 62.0 Å². The summed E-state index contributed by atoms with van der Waals surface area (Å²) < 4.78 is 0. The van der Waals surface area contributed by atoms with Gasteiger partial charge in [-0.15, -0.1) is 11.3 Å². The maximum atomic E-state index is 12.9. The second-order valence-corrected chi connectivity index (χ2v) is 8.26. The van der Waals surface area contributed by atoms with Crippen LogP contribution in [-0.4, -0.2) is 48.9 Å². The fourth-order valence-corrected chi connectivity index (χ4v) is 4.18. The molecule has 3 rings (SSSR count). The predicted molar refractivity (Wildman–Crippen MR) is 107 cm³/mol. The predicted octanol–water partition coefficient (Wildman–Crippen LogP) is 1.93. The number of ketones is 1. The van der Waals surface area contributed by atoms with Gasteiger partial charge in [0.2, 0.25) is 0 Å². The summed E-state index contributed by atoms with van der Waals surface area (Å²) in [5, 5.41) is 13.0. The maximum absolute atomic E-state index is 12.9. The van der Waals surface area contributed by atoms with Crippen molar-refractivity contribution in [2.24, 2.45) is 0 Å². The number of hydrogen-bond donors (Lipinski definition) is 2. The van der Waals surface area contributed by atoms with Gasteiger partial charge in [-0.2, -0.15) is 0 Å². The molecule has 0 radical (unpaired) electrons. The molecule has 0 saturated carbocycles. The normalized spacial score (nSPS) is 19.3. The SMILES string of the molecule is Cc1ccc(C)c(C(O)=C2C(=O)C(=O)N(CC[NH+](C)C)C2c2cccs2)c1. The van der Waals surface area contributed by atoms with Crippen LogP contribution in [0.2, 0.25) is 0 Å². The van der Waals surface area contributed by atoms with Crippen LogP contribution >= 0.6 is 11.3 Å². The van der Waals surface area contributed by atoms with Crippen LogP contribution in [0.1, 0.15) is 27.6 Å². The van der Waals surface area contributed by atoms with Crippen LogP contribution in [0.25, 0.3) is 5.76 Å². The summed E-state index contributed by atoms with van der Waals surface area (Å²) in [6.45, 7) is 5.00. The van der Waals surface area contributed by atoms with Crippen LogP contribution in [0.3, 0.4) is 0 Å². The Morgan fingerprint density at radius 1 is 1.22 bits per heavy atom. The van der Waals surface area contributed by atoms with Gasteiger partial charge in [0.15, 0.2) is 0 Å². The van der Waals surface area contributed by atoms with E-state index in [1.165, 1.54) is 16.2 Å². The molecule has 2 N–H and O–H groups in total. The lowest BCUT2D eigenvalue weighted by molar-refractivity contribution is -0.857. The molecule has 1 saturated heterocycles. The third kappa shape index (κ3) is 3.68. The van der Waals surface area contributed by atoms with Gasteiger partial charge in [-0.1, -0.05) is 23.8 Å². The van der Waals surface area contributed by atoms with Crippen molar-refractivity contribution in [1.29, 1.82) is 0 Å². The van der Waals surface area contributed by atoms with Crippen LogP contribution in [0.4, 0.5) is 0 Å². The average Bonchev–Trinajstić information content (AvgIpc) is 3.22. The Hall–Kier alpha value is -2.44. The highest BCUT2D eigenvalue weighted by Crippen LogP contribution is 2.41. The van der Waals surface area contributed by atoms with Crippen molar-refractivity contribution in [3.05, 3.63) is 62.9 Å². The van der Waals surface area contributed by atoms with E-state index in [1.807, 2.05) is 63.7 Å². The Morgan fingerprint density at radius 2 is 1.96 bits per heavy atom. The number of quaternary nitrogens is 1. The highest BCUT2D eigenvalue weighted by atomic mass is 32.1. The number of likely N-dealkylation sites (N-methyl/N-ethyl adjacent to an activating group) is 1. The fourth-order valence-electron chi connectivity index (χ4n) is 3.33. The lowest BCUT2D eigenvalue weighted by Crippen LogP contribution is -3.06. The van der Waals surface area contributed by atoms with Crippen molar-refractivity contribution in [1.82, 2.24) is 4.90 Å². The molecule has 1 aromatic heterocycles. The Balaban J connectivity index is 2.15.